The van der Waals surface area contributed by atoms with E-state index in [9.17, 15) is 0 Å². The number of unbranched alkanes of at least 4 members (excludes halogenated alkanes) is 13. The van der Waals surface area contributed by atoms with Gasteiger partial charge in [0.25, 0.3) is 0 Å². The van der Waals surface area contributed by atoms with Crippen LogP contribution in [-0.4, -0.2) is 97.1 Å². The molecule has 0 aromatic carbocycles. The molecule has 2 unspecified atom stereocenters. The summed E-state index contributed by atoms with van der Waals surface area (Å²) in [6, 6.07) is 0. The van der Waals surface area contributed by atoms with E-state index in [1.54, 1.807) is 0 Å². The monoisotopic (exact) mass is 714 g/mol. The number of fused-ring (bicyclic) bond motifs is 3. The number of alkyl halides is 2. The van der Waals surface area contributed by atoms with Crippen molar-refractivity contribution in [3.8, 4) is 0 Å². The van der Waals surface area contributed by atoms with Gasteiger partial charge in [-0.3, -0.25) is 4.90 Å². The summed E-state index contributed by atoms with van der Waals surface area (Å²) in [4.78, 5) is 9.67. The molecule has 0 spiro atoms. The van der Waals surface area contributed by atoms with E-state index in [2.05, 4.69) is 75.2 Å². The molecule has 2 atom stereocenters. The Hall–Kier alpha value is 1.46. The van der Waals surface area contributed by atoms with Gasteiger partial charge in [0.2, 0.25) is 0 Å². The maximum Gasteiger partial charge on any atom is 2.00 e. The zero-order valence-corrected chi connectivity index (χ0v) is 32.9. The van der Waals surface area contributed by atoms with Gasteiger partial charge in [0.15, 0.2) is 4.46 Å². The van der Waals surface area contributed by atoms with Crippen LogP contribution in [0.25, 0.3) is 0 Å². The minimum atomic E-state index is -0.861. The summed E-state index contributed by atoms with van der Waals surface area (Å²) in [5, 5.41) is 0. The summed E-state index contributed by atoms with van der Waals surface area (Å²) >= 11 is 13.9. The second-order valence-electron chi connectivity index (χ2n) is 14.6. The van der Waals surface area contributed by atoms with E-state index < -0.39 is 4.46 Å². The maximum absolute atomic E-state index is 6.97. The second-order valence-corrected chi connectivity index (χ2v) is 15.9. The molecular formula is C34H70Cl2Mn2N4+4. The average molecular weight is 716 g/mol. The minimum absolute atomic E-state index is 0. The molecule has 2 radical (unpaired) electrons. The van der Waals surface area contributed by atoms with Crippen molar-refractivity contribution in [2.24, 2.45) is 10.8 Å². The van der Waals surface area contributed by atoms with Gasteiger partial charge in [0, 0.05) is 64.3 Å². The number of halogens is 2. The molecule has 0 N–H and O–H groups in total. The van der Waals surface area contributed by atoms with Gasteiger partial charge in [-0.05, 0) is 19.5 Å². The molecule has 0 aliphatic carbocycles. The number of hydrogen-bond acceptors (Lipinski definition) is 4. The van der Waals surface area contributed by atoms with Crippen LogP contribution in [0.2, 0.25) is 0 Å². The summed E-state index contributed by atoms with van der Waals surface area (Å²) in [5.41, 5.74) is 0.0902. The molecule has 0 amide bonds. The van der Waals surface area contributed by atoms with Gasteiger partial charge in [-0.15, -0.1) is 0 Å². The molecule has 4 nitrogen and oxygen atoms in total. The van der Waals surface area contributed by atoms with E-state index in [1.165, 1.54) is 89.9 Å². The first kappa shape index (κ1) is 45.6. The fraction of sp³-hybridized carbons (Fsp3) is 1.00. The van der Waals surface area contributed by atoms with E-state index in [1.807, 2.05) is 0 Å². The fourth-order valence-corrected chi connectivity index (χ4v) is 7.00. The van der Waals surface area contributed by atoms with Gasteiger partial charge >= 0.3 is 34.1 Å². The SMILES string of the molecule is CCCCCCCCCCCCCCCC.CN1CCN2CCN(CCN(C)CC(C)(C)C2(Cl)Cl)CC(C)(C)C1.[Mn+2].[Mn+2]. The molecule has 2 saturated heterocycles. The molecule has 250 valence electrons. The molecule has 42 heavy (non-hydrogen) atoms. The van der Waals surface area contributed by atoms with Crippen molar-refractivity contribution in [1.82, 2.24) is 19.6 Å². The summed E-state index contributed by atoms with van der Waals surface area (Å²) < 4.78 is -0.861. The summed E-state index contributed by atoms with van der Waals surface area (Å²) in [7, 11) is 4.39. The predicted octanol–water partition coefficient (Wildman–Crippen LogP) is 9.15. The Balaban J connectivity index is 0. The van der Waals surface area contributed by atoms with Crippen LogP contribution in [0.1, 0.15) is 131 Å². The fourth-order valence-electron chi connectivity index (χ4n) is 6.54. The van der Waals surface area contributed by atoms with Crippen LogP contribution in [0.15, 0.2) is 0 Å². The molecule has 2 bridgehead atoms. The number of nitrogens with zero attached hydrogens (tertiary/aromatic N) is 4. The Kier molecular flexibility index (Phi) is 26.7. The first-order valence-electron chi connectivity index (χ1n) is 17.1. The first-order valence-corrected chi connectivity index (χ1v) is 17.8. The number of rotatable bonds is 13. The number of hydrogen-bond donors (Lipinski definition) is 0. The van der Waals surface area contributed by atoms with Gasteiger partial charge in [-0.25, -0.2) is 0 Å². The molecule has 0 saturated carbocycles. The van der Waals surface area contributed by atoms with Crippen LogP contribution in [-0.2, 0) is 34.1 Å². The van der Waals surface area contributed by atoms with E-state index >= 15 is 0 Å². The molecule has 0 aromatic heterocycles. The van der Waals surface area contributed by atoms with Crippen LogP contribution in [0.3, 0.4) is 0 Å². The quantitative estimate of drug-likeness (QED) is 0.0817. The average Bonchev–Trinajstić information content (AvgIpc) is 2.86. The zero-order valence-electron chi connectivity index (χ0n) is 29.1. The van der Waals surface area contributed by atoms with Crippen molar-refractivity contribution >= 4 is 23.2 Å². The van der Waals surface area contributed by atoms with E-state index in [-0.39, 0.29) is 45.0 Å². The maximum atomic E-state index is 6.97. The van der Waals surface area contributed by atoms with E-state index in [0.29, 0.717) is 0 Å². The Labute approximate surface area is 295 Å². The summed E-state index contributed by atoms with van der Waals surface area (Å²) in [5.74, 6) is 0. The zero-order chi connectivity index (χ0) is 30.1. The Morgan fingerprint density at radius 2 is 0.857 bits per heavy atom. The standard InChI is InChI=1S/C18H36Cl2N4.C16H34.2Mn/c1-16(2)13-21(5)8-11-24-12-10-23(14-16)9-7-22(6)15-17(3,4)18(24,19)20;1-3-5-7-9-11-13-15-16-14-12-10-8-6-4-2;;/h7-15H2,1-6H3;3-16H2,1-2H3;;/q;;2*+2. The van der Waals surface area contributed by atoms with Crippen molar-refractivity contribution in [3.05, 3.63) is 0 Å². The third-order valence-electron chi connectivity index (χ3n) is 8.92. The third-order valence-corrected chi connectivity index (χ3v) is 10.4. The molecule has 2 fully saturated rings. The summed E-state index contributed by atoms with van der Waals surface area (Å²) in [6.07, 6.45) is 20.4. The van der Waals surface area contributed by atoms with Gasteiger partial charge in [0.1, 0.15) is 0 Å². The normalized spacial score (nSPS) is 24.4. The van der Waals surface area contributed by atoms with Gasteiger partial charge in [-0.2, -0.15) is 0 Å². The van der Waals surface area contributed by atoms with Gasteiger partial charge in [-0.1, -0.05) is 155 Å². The van der Waals surface area contributed by atoms with Crippen LogP contribution in [0.5, 0.6) is 0 Å². The Bertz CT molecular complexity index is 623. The van der Waals surface area contributed by atoms with Crippen LogP contribution < -0.4 is 0 Å². The predicted molar refractivity (Wildman–Crippen MR) is 181 cm³/mol. The molecule has 2 rings (SSSR count). The van der Waals surface area contributed by atoms with Crippen molar-refractivity contribution in [1.29, 1.82) is 0 Å². The molecule has 8 heteroatoms. The van der Waals surface area contributed by atoms with Crippen LogP contribution >= 0.6 is 23.2 Å². The second kappa shape index (κ2) is 24.6. The topological polar surface area (TPSA) is 13.0 Å². The van der Waals surface area contributed by atoms with Crippen molar-refractivity contribution in [3.63, 3.8) is 0 Å². The molecular weight excluding hydrogens is 645 g/mol. The molecule has 0 aromatic rings. The summed E-state index contributed by atoms with van der Waals surface area (Å²) in [6.45, 7) is 22.8. The largest absolute Gasteiger partial charge is 2.00 e. The van der Waals surface area contributed by atoms with Crippen molar-refractivity contribution in [2.75, 3.05) is 73.0 Å². The Morgan fingerprint density at radius 3 is 1.31 bits per heavy atom. The van der Waals surface area contributed by atoms with Gasteiger partial charge in [0.05, 0.1) is 0 Å². The van der Waals surface area contributed by atoms with Crippen molar-refractivity contribution < 1.29 is 34.1 Å². The van der Waals surface area contributed by atoms with E-state index in [4.69, 9.17) is 23.2 Å². The Morgan fingerprint density at radius 1 is 0.500 bits per heavy atom. The minimum Gasteiger partial charge on any atom is -0.305 e. The first-order chi connectivity index (χ1) is 18.8. The van der Waals surface area contributed by atoms with Gasteiger partial charge < -0.3 is 14.7 Å². The van der Waals surface area contributed by atoms with Crippen LogP contribution in [0, 0.1) is 10.8 Å². The van der Waals surface area contributed by atoms with Crippen LogP contribution in [0.4, 0.5) is 0 Å². The van der Waals surface area contributed by atoms with E-state index in [0.717, 1.165) is 58.9 Å². The van der Waals surface area contributed by atoms with Crippen molar-refractivity contribution in [2.45, 2.75) is 136 Å². The molecule has 2 heterocycles. The third kappa shape index (κ3) is 19.2. The smallest absolute Gasteiger partial charge is 0.305 e. The number of likely N-dealkylation sites (N-methyl/N-ethyl adjacent to an activating group) is 2. The molecule has 2 aliphatic rings. The molecule has 2 aliphatic heterocycles.